The van der Waals surface area contributed by atoms with E-state index in [0.29, 0.717) is 49.1 Å². The van der Waals surface area contributed by atoms with E-state index in [1.165, 1.54) is 20.5 Å². The fourth-order valence-electron chi connectivity index (χ4n) is 3.85. The third-order valence-corrected chi connectivity index (χ3v) is 5.62. The van der Waals surface area contributed by atoms with E-state index in [1.807, 2.05) is 0 Å². The Hall–Kier alpha value is -4.21. The second kappa shape index (κ2) is 10.2. The summed E-state index contributed by atoms with van der Waals surface area (Å²) in [4.78, 5) is 41.5. The first kappa shape index (κ1) is 23.0. The van der Waals surface area contributed by atoms with E-state index in [9.17, 15) is 14.4 Å². The number of ether oxygens (including phenoxy) is 2. The SMILES string of the molecule is COc1ccc(NC(=O)Cn2cccc2C(=O)N2CCN(C(=O)c3ccco3)CC2)cc1OC. The quantitative estimate of drug-likeness (QED) is 0.573. The average Bonchev–Trinajstić information content (AvgIpc) is 3.55. The van der Waals surface area contributed by atoms with Crippen LogP contribution in [0.5, 0.6) is 11.5 Å². The van der Waals surface area contributed by atoms with Crippen molar-refractivity contribution in [1.29, 1.82) is 0 Å². The standard InChI is InChI=1S/C24H26N4O6/c1-32-19-8-7-17(15-21(19)33-2)25-22(29)16-28-9-3-5-18(28)23(30)26-10-12-27(13-11-26)24(31)20-6-4-14-34-20/h3-9,14-15H,10-13,16H2,1-2H3,(H,25,29). The number of nitrogens with one attached hydrogen (secondary N) is 1. The zero-order valence-electron chi connectivity index (χ0n) is 19.0. The molecule has 1 aliphatic heterocycles. The van der Waals surface area contributed by atoms with Gasteiger partial charge in [-0.05, 0) is 36.4 Å². The van der Waals surface area contributed by atoms with Gasteiger partial charge < -0.3 is 33.6 Å². The Morgan fingerprint density at radius 1 is 0.912 bits per heavy atom. The molecule has 1 N–H and O–H groups in total. The molecule has 3 heterocycles. The number of carbonyl (C=O) groups excluding carboxylic acids is 3. The average molecular weight is 466 g/mol. The summed E-state index contributed by atoms with van der Waals surface area (Å²) in [7, 11) is 3.06. The van der Waals surface area contributed by atoms with Crippen LogP contribution in [0.1, 0.15) is 21.0 Å². The highest BCUT2D eigenvalue weighted by molar-refractivity contribution is 5.95. The van der Waals surface area contributed by atoms with E-state index in [2.05, 4.69) is 5.32 Å². The summed E-state index contributed by atoms with van der Waals surface area (Å²) in [5.74, 6) is 0.688. The fraction of sp³-hybridized carbons (Fsp3) is 0.292. The van der Waals surface area contributed by atoms with Crippen LogP contribution in [0.3, 0.4) is 0 Å². The van der Waals surface area contributed by atoms with Crippen molar-refractivity contribution < 1.29 is 28.3 Å². The van der Waals surface area contributed by atoms with Gasteiger partial charge in [0, 0.05) is 44.1 Å². The smallest absolute Gasteiger partial charge is 0.289 e. The lowest BCUT2D eigenvalue weighted by molar-refractivity contribution is -0.116. The number of amides is 3. The molecule has 0 spiro atoms. The first-order valence-electron chi connectivity index (χ1n) is 10.8. The van der Waals surface area contributed by atoms with Gasteiger partial charge in [-0.3, -0.25) is 14.4 Å². The van der Waals surface area contributed by atoms with E-state index in [0.717, 1.165) is 0 Å². The van der Waals surface area contributed by atoms with Crippen molar-refractivity contribution in [2.45, 2.75) is 6.54 Å². The molecule has 0 saturated carbocycles. The molecular formula is C24H26N4O6. The summed E-state index contributed by atoms with van der Waals surface area (Å²) in [5.41, 5.74) is 0.966. The van der Waals surface area contributed by atoms with Crippen LogP contribution in [-0.4, -0.2) is 72.5 Å². The number of hydrogen-bond acceptors (Lipinski definition) is 6. The van der Waals surface area contributed by atoms with Gasteiger partial charge in [0.2, 0.25) is 5.91 Å². The monoisotopic (exact) mass is 466 g/mol. The molecule has 0 unspecified atom stereocenters. The van der Waals surface area contributed by atoms with Gasteiger partial charge in [-0.25, -0.2) is 0 Å². The molecule has 1 fully saturated rings. The lowest BCUT2D eigenvalue weighted by Gasteiger charge is -2.34. The molecule has 34 heavy (non-hydrogen) atoms. The number of piperazine rings is 1. The summed E-state index contributed by atoms with van der Waals surface area (Å²) in [5, 5.41) is 2.81. The Morgan fingerprint density at radius 3 is 2.26 bits per heavy atom. The van der Waals surface area contributed by atoms with Crippen LogP contribution in [0, 0.1) is 0 Å². The van der Waals surface area contributed by atoms with Gasteiger partial charge in [0.1, 0.15) is 12.2 Å². The number of furan rings is 1. The van der Waals surface area contributed by atoms with Crippen molar-refractivity contribution >= 4 is 23.4 Å². The zero-order valence-corrected chi connectivity index (χ0v) is 19.0. The molecule has 10 nitrogen and oxygen atoms in total. The van der Waals surface area contributed by atoms with Gasteiger partial charge >= 0.3 is 0 Å². The molecule has 178 valence electrons. The minimum Gasteiger partial charge on any atom is -0.493 e. The lowest BCUT2D eigenvalue weighted by Crippen LogP contribution is -2.50. The van der Waals surface area contributed by atoms with Gasteiger partial charge in [-0.1, -0.05) is 0 Å². The van der Waals surface area contributed by atoms with E-state index in [4.69, 9.17) is 13.9 Å². The molecule has 4 rings (SSSR count). The molecule has 0 radical (unpaired) electrons. The van der Waals surface area contributed by atoms with Crippen LogP contribution >= 0.6 is 0 Å². The second-order valence-corrected chi connectivity index (χ2v) is 7.70. The topological polar surface area (TPSA) is 106 Å². The third-order valence-electron chi connectivity index (χ3n) is 5.62. The maximum Gasteiger partial charge on any atom is 0.289 e. The fourth-order valence-corrected chi connectivity index (χ4v) is 3.85. The highest BCUT2D eigenvalue weighted by Crippen LogP contribution is 2.29. The molecule has 3 aromatic rings. The van der Waals surface area contributed by atoms with E-state index in [1.54, 1.807) is 63.0 Å². The number of aromatic nitrogens is 1. The van der Waals surface area contributed by atoms with E-state index in [-0.39, 0.29) is 30.0 Å². The maximum absolute atomic E-state index is 13.1. The number of rotatable bonds is 7. The molecular weight excluding hydrogens is 440 g/mol. The van der Waals surface area contributed by atoms with Gasteiger partial charge in [0.25, 0.3) is 11.8 Å². The molecule has 2 aromatic heterocycles. The number of benzene rings is 1. The highest BCUT2D eigenvalue weighted by atomic mass is 16.5. The molecule has 3 amide bonds. The Morgan fingerprint density at radius 2 is 1.62 bits per heavy atom. The molecule has 0 aliphatic carbocycles. The third kappa shape index (κ3) is 4.90. The summed E-state index contributed by atoms with van der Waals surface area (Å²) >= 11 is 0. The van der Waals surface area contributed by atoms with Gasteiger partial charge in [0.05, 0.1) is 20.5 Å². The Balaban J connectivity index is 1.35. The molecule has 1 aliphatic rings. The van der Waals surface area contributed by atoms with E-state index >= 15 is 0 Å². The number of hydrogen-bond donors (Lipinski definition) is 1. The second-order valence-electron chi connectivity index (χ2n) is 7.70. The van der Waals surface area contributed by atoms with Crippen molar-refractivity contribution in [3.05, 3.63) is 66.4 Å². The van der Waals surface area contributed by atoms with Crippen molar-refractivity contribution in [3.8, 4) is 11.5 Å². The van der Waals surface area contributed by atoms with E-state index < -0.39 is 0 Å². The van der Waals surface area contributed by atoms with Crippen molar-refractivity contribution in [1.82, 2.24) is 14.4 Å². The predicted octanol–water partition coefficient (Wildman–Crippen LogP) is 2.34. The predicted molar refractivity (Wildman–Crippen MR) is 123 cm³/mol. The summed E-state index contributed by atoms with van der Waals surface area (Å²) < 4.78 is 17.3. The van der Waals surface area contributed by atoms with Crippen LogP contribution in [0.2, 0.25) is 0 Å². The van der Waals surface area contributed by atoms with Crippen LogP contribution in [0.15, 0.2) is 59.3 Å². The van der Waals surface area contributed by atoms with Crippen molar-refractivity contribution in [2.24, 2.45) is 0 Å². The Kier molecular flexibility index (Phi) is 6.86. The van der Waals surface area contributed by atoms with Gasteiger partial charge in [-0.15, -0.1) is 0 Å². The van der Waals surface area contributed by atoms with Gasteiger partial charge in [0.15, 0.2) is 17.3 Å². The summed E-state index contributed by atoms with van der Waals surface area (Å²) in [6.45, 7) is 1.58. The highest BCUT2D eigenvalue weighted by Gasteiger charge is 2.28. The first-order chi connectivity index (χ1) is 16.5. The van der Waals surface area contributed by atoms with Crippen LogP contribution < -0.4 is 14.8 Å². The van der Waals surface area contributed by atoms with Crippen molar-refractivity contribution in [3.63, 3.8) is 0 Å². The number of anilines is 1. The van der Waals surface area contributed by atoms with Gasteiger partial charge in [-0.2, -0.15) is 0 Å². The molecule has 0 atom stereocenters. The molecule has 1 aromatic carbocycles. The number of nitrogens with zero attached hydrogens (tertiary/aromatic N) is 3. The summed E-state index contributed by atoms with van der Waals surface area (Å²) in [6.07, 6.45) is 3.15. The summed E-state index contributed by atoms with van der Waals surface area (Å²) in [6, 6.07) is 11.8. The molecule has 10 heteroatoms. The first-order valence-corrected chi connectivity index (χ1v) is 10.8. The van der Waals surface area contributed by atoms with Crippen molar-refractivity contribution in [2.75, 3.05) is 45.7 Å². The maximum atomic E-state index is 13.1. The largest absolute Gasteiger partial charge is 0.493 e. The lowest BCUT2D eigenvalue weighted by atomic mass is 10.2. The van der Waals surface area contributed by atoms with Crippen LogP contribution in [-0.2, 0) is 11.3 Å². The number of methoxy groups -OCH3 is 2. The normalized spacial score (nSPS) is 13.5. The van der Waals surface area contributed by atoms with Crippen LogP contribution in [0.25, 0.3) is 0 Å². The zero-order chi connectivity index (χ0) is 24.1. The Labute approximate surface area is 196 Å². The molecule has 1 saturated heterocycles. The molecule has 0 bridgehead atoms. The number of carbonyl (C=O) groups is 3. The minimum absolute atomic E-state index is 0.0284. The minimum atomic E-state index is -0.286. The Bertz CT molecular complexity index is 1160. The van der Waals surface area contributed by atoms with Crippen LogP contribution in [0.4, 0.5) is 5.69 Å².